The SMILES string of the molecule is COc1ccc(NS(=O)(=O)c2cc(NC(=O)CSc3cc(Cl)ccc3Cl)ccc2C)cc1. The van der Waals surface area contributed by atoms with Crippen LogP contribution in [0.4, 0.5) is 11.4 Å². The van der Waals surface area contributed by atoms with Gasteiger partial charge in [-0.15, -0.1) is 11.8 Å². The molecule has 10 heteroatoms. The Morgan fingerprint density at radius 1 is 1.00 bits per heavy atom. The van der Waals surface area contributed by atoms with Crippen LogP contribution < -0.4 is 14.8 Å². The van der Waals surface area contributed by atoms with Crippen molar-refractivity contribution in [3.63, 3.8) is 0 Å². The highest BCUT2D eigenvalue weighted by Crippen LogP contribution is 2.30. The number of hydrogen-bond donors (Lipinski definition) is 2. The monoisotopic (exact) mass is 510 g/mol. The van der Waals surface area contributed by atoms with E-state index in [1.807, 2.05) is 0 Å². The highest BCUT2D eigenvalue weighted by molar-refractivity contribution is 8.00. The molecule has 3 aromatic carbocycles. The van der Waals surface area contributed by atoms with E-state index < -0.39 is 10.0 Å². The fraction of sp³-hybridized carbons (Fsp3) is 0.136. The molecule has 0 radical (unpaired) electrons. The summed E-state index contributed by atoms with van der Waals surface area (Å²) in [6, 6.07) is 16.3. The molecule has 0 aromatic heterocycles. The van der Waals surface area contributed by atoms with Crippen LogP contribution in [-0.2, 0) is 14.8 Å². The van der Waals surface area contributed by atoms with Crippen molar-refractivity contribution in [3.8, 4) is 5.75 Å². The first-order valence-corrected chi connectivity index (χ1v) is 12.6. The number of ether oxygens (including phenoxy) is 1. The number of carbonyl (C=O) groups excluding carboxylic acids is 1. The van der Waals surface area contributed by atoms with E-state index in [9.17, 15) is 13.2 Å². The summed E-state index contributed by atoms with van der Waals surface area (Å²) in [5, 5.41) is 3.74. The van der Waals surface area contributed by atoms with Crippen LogP contribution >= 0.6 is 35.0 Å². The van der Waals surface area contributed by atoms with Gasteiger partial charge in [0.15, 0.2) is 0 Å². The normalized spacial score (nSPS) is 11.1. The Kier molecular flexibility index (Phi) is 7.95. The maximum atomic E-state index is 12.9. The average molecular weight is 511 g/mol. The molecule has 0 fully saturated rings. The summed E-state index contributed by atoms with van der Waals surface area (Å²) in [7, 11) is -2.33. The standard InChI is InChI=1S/C22H20Cl2N2O4S2/c1-14-3-5-17(25-22(27)13-31-20-11-15(23)4-10-19(20)24)12-21(14)32(28,29)26-16-6-8-18(30-2)9-7-16/h3-12,26H,13H2,1-2H3,(H,25,27). The number of rotatable bonds is 8. The van der Waals surface area contributed by atoms with Gasteiger partial charge in [-0.05, 0) is 67.1 Å². The van der Waals surface area contributed by atoms with Gasteiger partial charge in [-0.2, -0.15) is 0 Å². The van der Waals surface area contributed by atoms with E-state index in [0.717, 1.165) is 0 Å². The maximum Gasteiger partial charge on any atom is 0.262 e. The number of nitrogens with one attached hydrogen (secondary N) is 2. The number of anilines is 2. The highest BCUT2D eigenvalue weighted by Gasteiger charge is 2.18. The lowest BCUT2D eigenvalue weighted by Crippen LogP contribution is -2.17. The van der Waals surface area contributed by atoms with Crippen molar-refractivity contribution in [1.82, 2.24) is 0 Å². The van der Waals surface area contributed by atoms with Crippen molar-refractivity contribution in [1.29, 1.82) is 0 Å². The third-order valence-corrected chi connectivity index (χ3v) is 7.61. The molecule has 0 saturated heterocycles. The molecule has 0 bridgehead atoms. The molecule has 1 amide bonds. The second-order valence-corrected chi connectivity index (χ2v) is 10.2. The third kappa shape index (κ3) is 6.32. The summed E-state index contributed by atoms with van der Waals surface area (Å²) in [6.45, 7) is 1.69. The van der Waals surface area contributed by atoms with E-state index in [2.05, 4.69) is 10.0 Å². The molecule has 0 aliphatic rings. The third-order valence-electron chi connectivity index (χ3n) is 4.36. The number of amides is 1. The number of aryl methyl sites for hydroxylation is 1. The number of thioether (sulfide) groups is 1. The smallest absolute Gasteiger partial charge is 0.262 e. The van der Waals surface area contributed by atoms with Crippen molar-refractivity contribution in [2.24, 2.45) is 0 Å². The Hall–Kier alpha value is -2.39. The molecule has 32 heavy (non-hydrogen) atoms. The van der Waals surface area contributed by atoms with Gasteiger partial charge in [-0.25, -0.2) is 8.42 Å². The van der Waals surface area contributed by atoms with Crippen LogP contribution in [0.1, 0.15) is 5.56 Å². The van der Waals surface area contributed by atoms with Crippen LogP contribution in [0.25, 0.3) is 0 Å². The largest absolute Gasteiger partial charge is 0.497 e. The number of halogens is 2. The van der Waals surface area contributed by atoms with Gasteiger partial charge >= 0.3 is 0 Å². The quantitative estimate of drug-likeness (QED) is 0.371. The zero-order chi connectivity index (χ0) is 23.3. The summed E-state index contributed by atoms with van der Waals surface area (Å²) in [5.74, 6) is 0.396. The molecule has 3 rings (SSSR count). The molecular formula is C22H20Cl2N2O4S2. The van der Waals surface area contributed by atoms with Crippen LogP contribution in [0.5, 0.6) is 5.75 Å². The Balaban J connectivity index is 1.71. The van der Waals surface area contributed by atoms with Gasteiger partial charge in [0.25, 0.3) is 10.0 Å². The van der Waals surface area contributed by atoms with Crippen molar-refractivity contribution < 1.29 is 17.9 Å². The van der Waals surface area contributed by atoms with Crippen molar-refractivity contribution >= 4 is 62.3 Å². The van der Waals surface area contributed by atoms with Crippen molar-refractivity contribution in [2.75, 3.05) is 22.9 Å². The molecule has 0 aliphatic carbocycles. The minimum Gasteiger partial charge on any atom is -0.497 e. The summed E-state index contributed by atoms with van der Waals surface area (Å²) in [4.78, 5) is 13.1. The molecule has 168 valence electrons. The number of methoxy groups -OCH3 is 1. The van der Waals surface area contributed by atoms with Gasteiger partial charge in [-0.1, -0.05) is 29.3 Å². The Morgan fingerprint density at radius 3 is 2.38 bits per heavy atom. The Morgan fingerprint density at radius 2 is 1.69 bits per heavy atom. The van der Waals surface area contributed by atoms with Crippen LogP contribution in [-0.4, -0.2) is 27.2 Å². The summed E-state index contributed by atoms with van der Waals surface area (Å²) in [5.41, 5.74) is 1.31. The fourth-order valence-electron chi connectivity index (χ4n) is 2.76. The molecule has 0 heterocycles. The topological polar surface area (TPSA) is 84.5 Å². The summed E-state index contributed by atoms with van der Waals surface area (Å²) >= 11 is 13.3. The molecule has 2 N–H and O–H groups in total. The number of benzene rings is 3. The minimum atomic E-state index is -3.87. The van der Waals surface area contributed by atoms with Gasteiger partial charge in [0, 0.05) is 21.3 Å². The summed E-state index contributed by atoms with van der Waals surface area (Å²) < 4.78 is 33.4. The van der Waals surface area contributed by atoms with Crippen LogP contribution in [0.2, 0.25) is 10.0 Å². The van der Waals surface area contributed by atoms with E-state index in [0.29, 0.717) is 37.6 Å². The first kappa shape index (κ1) is 24.3. The van der Waals surface area contributed by atoms with Gasteiger partial charge in [0.2, 0.25) is 5.91 Å². The van der Waals surface area contributed by atoms with E-state index in [1.54, 1.807) is 61.5 Å². The van der Waals surface area contributed by atoms with Crippen molar-refractivity contribution in [3.05, 3.63) is 76.3 Å². The minimum absolute atomic E-state index is 0.0663. The van der Waals surface area contributed by atoms with E-state index in [1.165, 1.54) is 24.9 Å². The number of sulfonamides is 1. The molecule has 0 spiro atoms. The zero-order valence-electron chi connectivity index (χ0n) is 17.2. The van der Waals surface area contributed by atoms with Crippen LogP contribution in [0, 0.1) is 6.92 Å². The lowest BCUT2D eigenvalue weighted by atomic mass is 10.2. The van der Waals surface area contributed by atoms with E-state index >= 15 is 0 Å². The van der Waals surface area contributed by atoms with Gasteiger partial charge in [0.1, 0.15) is 5.75 Å². The van der Waals surface area contributed by atoms with Gasteiger partial charge in [0.05, 0.1) is 22.8 Å². The Bertz CT molecular complexity index is 1230. The Labute approximate surface area is 201 Å². The second kappa shape index (κ2) is 10.5. The molecule has 0 atom stereocenters. The predicted octanol–water partition coefficient (Wildman–Crippen LogP) is 5.84. The lowest BCUT2D eigenvalue weighted by molar-refractivity contribution is -0.113. The average Bonchev–Trinajstić information content (AvgIpc) is 2.76. The lowest BCUT2D eigenvalue weighted by Gasteiger charge is -2.13. The van der Waals surface area contributed by atoms with Crippen LogP contribution in [0.15, 0.2) is 70.5 Å². The first-order chi connectivity index (χ1) is 15.2. The van der Waals surface area contributed by atoms with Gasteiger partial charge < -0.3 is 10.1 Å². The van der Waals surface area contributed by atoms with Crippen LogP contribution in [0.3, 0.4) is 0 Å². The first-order valence-electron chi connectivity index (χ1n) is 9.33. The van der Waals surface area contributed by atoms with E-state index in [4.69, 9.17) is 27.9 Å². The molecule has 6 nitrogen and oxygen atoms in total. The molecule has 0 saturated carbocycles. The second-order valence-electron chi connectivity index (χ2n) is 6.73. The van der Waals surface area contributed by atoms with Crippen molar-refractivity contribution in [2.45, 2.75) is 16.7 Å². The molecule has 3 aromatic rings. The number of carbonyl (C=O) groups is 1. The highest BCUT2D eigenvalue weighted by atomic mass is 35.5. The zero-order valence-corrected chi connectivity index (χ0v) is 20.3. The predicted molar refractivity (Wildman–Crippen MR) is 131 cm³/mol. The maximum absolute atomic E-state index is 12.9. The molecule has 0 unspecified atom stereocenters. The fourth-order valence-corrected chi connectivity index (χ4v) is 5.39. The number of hydrogen-bond acceptors (Lipinski definition) is 5. The molecule has 0 aliphatic heterocycles. The van der Waals surface area contributed by atoms with Gasteiger partial charge in [-0.3, -0.25) is 9.52 Å². The molecular weight excluding hydrogens is 491 g/mol. The van der Waals surface area contributed by atoms with E-state index in [-0.39, 0.29) is 16.6 Å². The summed E-state index contributed by atoms with van der Waals surface area (Å²) in [6.07, 6.45) is 0.